The zero-order valence-electron chi connectivity index (χ0n) is 6.99. The molecule has 3 nitrogen and oxygen atoms in total. The van der Waals surface area contributed by atoms with Gasteiger partial charge >= 0.3 is 0 Å². The summed E-state index contributed by atoms with van der Waals surface area (Å²) in [4.78, 5) is 11.4. The summed E-state index contributed by atoms with van der Waals surface area (Å²) in [5.74, 6) is 0.505. The summed E-state index contributed by atoms with van der Waals surface area (Å²) in [6, 6.07) is 0. The first-order valence-corrected chi connectivity index (χ1v) is 4.09. The van der Waals surface area contributed by atoms with Gasteiger partial charge in [-0.25, -0.2) is 4.98 Å². The predicted molar refractivity (Wildman–Crippen MR) is 48.4 cm³/mol. The molecular formula is C9H11N3. The van der Waals surface area contributed by atoms with E-state index in [0.29, 0.717) is 5.92 Å². The molecule has 62 valence electrons. The third-order valence-electron chi connectivity index (χ3n) is 2.07. The van der Waals surface area contributed by atoms with Crippen molar-refractivity contribution < 1.29 is 0 Å². The van der Waals surface area contributed by atoms with Gasteiger partial charge in [0.1, 0.15) is 5.69 Å². The van der Waals surface area contributed by atoms with Gasteiger partial charge in [-0.2, -0.15) is 0 Å². The molecule has 0 saturated carbocycles. The molecule has 2 heterocycles. The predicted octanol–water partition coefficient (Wildman–Crippen LogP) is 1.85. The van der Waals surface area contributed by atoms with Crippen LogP contribution in [0.1, 0.15) is 30.7 Å². The van der Waals surface area contributed by atoms with E-state index in [0.717, 1.165) is 12.1 Å². The van der Waals surface area contributed by atoms with Crippen molar-refractivity contribution in [3.8, 4) is 0 Å². The minimum absolute atomic E-state index is 0.505. The van der Waals surface area contributed by atoms with Crippen LogP contribution in [0, 0.1) is 0 Å². The molecular weight excluding hydrogens is 150 g/mol. The number of imidazole rings is 1. The van der Waals surface area contributed by atoms with E-state index in [1.807, 2.05) is 6.20 Å². The van der Waals surface area contributed by atoms with Crippen LogP contribution in [-0.4, -0.2) is 16.2 Å². The van der Waals surface area contributed by atoms with Gasteiger partial charge in [-0.1, -0.05) is 13.0 Å². The number of hydrogen-bond donors (Lipinski definition) is 1. The summed E-state index contributed by atoms with van der Waals surface area (Å²) in [7, 11) is 0. The Hall–Kier alpha value is -1.38. The SMILES string of the molecule is CC1CC=CN=Cc2nc[nH]c21. The molecule has 0 radical (unpaired) electrons. The van der Waals surface area contributed by atoms with Crippen LogP contribution in [0.15, 0.2) is 23.6 Å². The van der Waals surface area contributed by atoms with Gasteiger partial charge in [-0.15, -0.1) is 0 Å². The number of H-pyrrole nitrogens is 1. The van der Waals surface area contributed by atoms with E-state index in [9.17, 15) is 0 Å². The molecule has 12 heavy (non-hydrogen) atoms. The van der Waals surface area contributed by atoms with Crippen LogP contribution in [0.25, 0.3) is 0 Å². The molecule has 0 amide bonds. The van der Waals surface area contributed by atoms with Crippen LogP contribution in [0.5, 0.6) is 0 Å². The summed E-state index contributed by atoms with van der Waals surface area (Å²) >= 11 is 0. The first-order valence-electron chi connectivity index (χ1n) is 4.09. The van der Waals surface area contributed by atoms with Crippen molar-refractivity contribution >= 4 is 6.21 Å². The standard InChI is InChI=1S/C9H11N3/c1-7-3-2-4-10-5-8-9(7)12-6-11-8/h2,4-7H,3H2,1H3,(H,11,12). The summed E-state index contributed by atoms with van der Waals surface area (Å²) in [5.41, 5.74) is 2.15. The Morgan fingerprint density at radius 1 is 1.58 bits per heavy atom. The summed E-state index contributed by atoms with van der Waals surface area (Å²) in [5, 5.41) is 0. The van der Waals surface area contributed by atoms with Crippen molar-refractivity contribution in [2.75, 3.05) is 0 Å². The molecule has 0 bridgehead atoms. The van der Waals surface area contributed by atoms with E-state index in [2.05, 4.69) is 28.0 Å². The maximum absolute atomic E-state index is 4.17. The van der Waals surface area contributed by atoms with Crippen molar-refractivity contribution in [2.45, 2.75) is 19.3 Å². The van der Waals surface area contributed by atoms with Crippen molar-refractivity contribution in [1.82, 2.24) is 9.97 Å². The topological polar surface area (TPSA) is 41.0 Å². The van der Waals surface area contributed by atoms with E-state index in [-0.39, 0.29) is 0 Å². The van der Waals surface area contributed by atoms with E-state index >= 15 is 0 Å². The number of aromatic amines is 1. The highest BCUT2D eigenvalue weighted by Gasteiger charge is 2.11. The Balaban J connectivity index is 2.44. The quantitative estimate of drug-likeness (QED) is 0.619. The molecule has 1 aromatic heterocycles. The van der Waals surface area contributed by atoms with Gasteiger partial charge < -0.3 is 4.98 Å². The summed E-state index contributed by atoms with van der Waals surface area (Å²) < 4.78 is 0. The van der Waals surface area contributed by atoms with Crippen LogP contribution in [0.3, 0.4) is 0 Å². The molecule has 1 aliphatic heterocycles. The van der Waals surface area contributed by atoms with Crippen LogP contribution < -0.4 is 0 Å². The number of hydrogen-bond acceptors (Lipinski definition) is 2. The molecule has 3 heteroatoms. The molecule has 0 fully saturated rings. The monoisotopic (exact) mass is 161 g/mol. The number of allylic oxidation sites excluding steroid dienone is 1. The third-order valence-corrected chi connectivity index (χ3v) is 2.07. The minimum atomic E-state index is 0.505. The minimum Gasteiger partial charge on any atom is -0.348 e. The highest BCUT2D eigenvalue weighted by molar-refractivity contribution is 5.79. The number of aromatic nitrogens is 2. The largest absolute Gasteiger partial charge is 0.348 e. The zero-order valence-corrected chi connectivity index (χ0v) is 6.99. The molecule has 1 aliphatic rings. The third kappa shape index (κ3) is 1.18. The maximum Gasteiger partial charge on any atom is 0.103 e. The van der Waals surface area contributed by atoms with Crippen LogP contribution >= 0.6 is 0 Å². The van der Waals surface area contributed by atoms with Crippen LogP contribution in [0.4, 0.5) is 0 Å². The molecule has 1 N–H and O–H groups in total. The lowest BCUT2D eigenvalue weighted by Crippen LogP contribution is -1.98. The number of rotatable bonds is 0. The Morgan fingerprint density at radius 3 is 3.42 bits per heavy atom. The van der Waals surface area contributed by atoms with Crippen molar-refractivity contribution in [2.24, 2.45) is 4.99 Å². The summed E-state index contributed by atoms with van der Waals surface area (Å²) in [6.45, 7) is 2.18. The lowest BCUT2D eigenvalue weighted by molar-refractivity contribution is 0.752. The van der Waals surface area contributed by atoms with Gasteiger partial charge in [-0.05, 0) is 6.42 Å². The van der Waals surface area contributed by atoms with E-state index in [1.165, 1.54) is 5.69 Å². The number of aliphatic imine (C=N–C) groups is 1. The lowest BCUT2D eigenvalue weighted by Gasteiger charge is -2.07. The fraction of sp³-hybridized carbons (Fsp3) is 0.333. The van der Waals surface area contributed by atoms with E-state index in [1.54, 1.807) is 12.5 Å². The number of nitrogens with zero attached hydrogens (tertiary/aromatic N) is 2. The second-order valence-corrected chi connectivity index (χ2v) is 3.00. The Kier molecular flexibility index (Phi) is 1.78. The molecule has 0 aliphatic carbocycles. The number of fused-ring (bicyclic) bond motifs is 1. The molecule has 1 unspecified atom stereocenters. The normalized spacial score (nSPS) is 21.6. The molecule has 1 aromatic rings. The summed E-state index contributed by atoms with van der Waals surface area (Å²) in [6.07, 6.45) is 8.43. The molecule has 0 aromatic carbocycles. The van der Waals surface area contributed by atoms with Gasteiger partial charge in [0.15, 0.2) is 0 Å². The average Bonchev–Trinajstić information content (AvgIpc) is 2.47. The first-order chi connectivity index (χ1) is 5.88. The fourth-order valence-electron chi connectivity index (χ4n) is 1.37. The highest BCUT2D eigenvalue weighted by Crippen LogP contribution is 2.20. The Labute approximate surface area is 71.2 Å². The molecule has 1 atom stereocenters. The maximum atomic E-state index is 4.17. The second kappa shape index (κ2) is 2.93. The van der Waals surface area contributed by atoms with Gasteiger partial charge in [0.05, 0.1) is 12.5 Å². The zero-order chi connectivity index (χ0) is 8.39. The van der Waals surface area contributed by atoms with Crippen LogP contribution in [0.2, 0.25) is 0 Å². The van der Waals surface area contributed by atoms with Gasteiger partial charge in [0.25, 0.3) is 0 Å². The molecule has 2 rings (SSSR count). The first kappa shape index (κ1) is 7.28. The molecule has 0 saturated heterocycles. The van der Waals surface area contributed by atoms with Gasteiger partial charge in [0.2, 0.25) is 0 Å². The van der Waals surface area contributed by atoms with Gasteiger partial charge in [-0.3, -0.25) is 4.99 Å². The Morgan fingerprint density at radius 2 is 2.50 bits per heavy atom. The van der Waals surface area contributed by atoms with E-state index in [4.69, 9.17) is 0 Å². The number of nitrogens with one attached hydrogen (secondary N) is 1. The Bertz CT molecular complexity index is 322. The van der Waals surface area contributed by atoms with Crippen molar-refractivity contribution in [1.29, 1.82) is 0 Å². The smallest absolute Gasteiger partial charge is 0.103 e. The lowest BCUT2D eigenvalue weighted by atomic mass is 10.0. The molecule has 0 spiro atoms. The highest BCUT2D eigenvalue weighted by atomic mass is 14.9. The van der Waals surface area contributed by atoms with Crippen molar-refractivity contribution in [3.05, 3.63) is 30.0 Å². The van der Waals surface area contributed by atoms with Crippen LogP contribution in [-0.2, 0) is 0 Å². The second-order valence-electron chi connectivity index (χ2n) is 3.00. The van der Waals surface area contributed by atoms with Gasteiger partial charge in [0, 0.05) is 17.8 Å². The van der Waals surface area contributed by atoms with Crippen molar-refractivity contribution in [3.63, 3.8) is 0 Å². The average molecular weight is 161 g/mol. The van der Waals surface area contributed by atoms with E-state index < -0.39 is 0 Å². The fourth-order valence-corrected chi connectivity index (χ4v) is 1.37.